The lowest BCUT2D eigenvalue weighted by atomic mass is 9.78. The highest BCUT2D eigenvalue weighted by atomic mass is 32.1. The van der Waals surface area contributed by atoms with Crippen LogP contribution < -0.4 is 5.32 Å². The number of aliphatic carboxylic acids is 1. The summed E-state index contributed by atoms with van der Waals surface area (Å²) in [6.07, 6.45) is 0.377. The van der Waals surface area contributed by atoms with Crippen LogP contribution in [0, 0.1) is 0 Å². The summed E-state index contributed by atoms with van der Waals surface area (Å²) in [6, 6.07) is 10.9. The predicted molar refractivity (Wildman–Crippen MR) is 93.4 cm³/mol. The number of ether oxygens (including phenoxy) is 1. The molecule has 1 atom stereocenters. The number of carbonyl (C=O) groups excluding carboxylic acids is 1. The molecule has 128 valence electrons. The predicted octanol–water partition coefficient (Wildman–Crippen LogP) is 3.06. The first-order chi connectivity index (χ1) is 11.5. The van der Waals surface area contributed by atoms with Crippen LogP contribution in [-0.4, -0.2) is 30.6 Å². The Morgan fingerprint density at radius 3 is 2.54 bits per heavy atom. The molecule has 0 saturated carbocycles. The molecule has 2 N–H and O–H groups in total. The van der Waals surface area contributed by atoms with E-state index >= 15 is 0 Å². The lowest BCUT2D eigenvalue weighted by Crippen LogP contribution is -2.46. The molecule has 2 aromatic rings. The van der Waals surface area contributed by atoms with Crippen LogP contribution in [-0.2, 0) is 21.6 Å². The van der Waals surface area contributed by atoms with Crippen molar-refractivity contribution >= 4 is 23.2 Å². The number of carbonyl (C=O) groups is 2. The molecule has 1 aromatic carbocycles. The van der Waals surface area contributed by atoms with E-state index in [1.807, 2.05) is 24.4 Å². The maximum absolute atomic E-state index is 12.5. The van der Waals surface area contributed by atoms with Crippen LogP contribution in [0.5, 0.6) is 0 Å². The molecule has 5 nitrogen and oxygen atoms in total. The fraction of sp³-hybridized carbons (Fsp3) is 0.333. The van der Waals surface area contributed by atoms with Crippen LogP contribution in [0.25, 0.3) is 0 Å². The number of thiophene rings is 1. The monoisotopic (exact) mass is 347 g/mol. The molecule has 1 amide bonds. The van der Waals surface area contributed by atoms with Gasteiger partial charge >= 0.3 is 5.97 Å². The molecular weight excluding hydrogens is 326 g/mol. The maximum Gasteiger partial charge on any atom is 0.315 e. The van der Waals surface area contributed by atoms with Crippen LogP contribution in [0.1, 0.15) is 34.1 Å². The summed E-state index contributed by atoms with van der Waals surface area (Å²) in [6.45, 7) is 2.20. The summed E-state index contributed by atoms with van der Waals surface area (Å²) in [5, 5.41) is 14.4. The Labute approximate surface area is 145 Å². The summed E-state index contributed by atoms with van der Waals surface area (Å²) in [4.78, 5) is 25.0. The Morgan fingerprint density at radius 1 is 1.25 bits per heavy atom. The molecule has 1 unspecified atom stereocenters. The first kappa shape index (κ1) is 18.2. The van der Waals surface area contributed by atoms with Crippen molar-refractivity contribution in [2.24, 2.45) is 0 Å². The third kappa shape index (κ3) is 3.66. The van der Waals surface area contributed by atoms with E-state index in [2.05, 4.69) is 5.32 Å². The van der Waals surface area contributed by atoms with Gasteiger partial charge in [0.1, 0.15) is 5.41 Å². The third-order valence-corrected chi connectivity index (χ3v) is 5.10. The Balaban J connectivity index is 2.21. The standard InChI is InChI=1S/C18H21NO4S/c1-3-18(17(21)22,14-7-5-4-6-8-14)12-19-16(20)15-13(11-23-2)9-10-24-15/h4-10H,3,11-12H2,1-2H3,(H,19,20)(H,21,22). The van der Waals surface area contributed by atoms with Crippen molar-refractivity contribution in [3.05, 3.63) is 57.8 Å². The smallest absolute Gasteiger partial charge is 0.315 e. The van der Waals surface area contributed by atoms with Crippen LogP contribution in [0.3, 0.4) is 0 Å². The molecule has 0 spiro atoms. The van der Waals surface area contributed by atoms with Crippen molar-refractivity contribution in [3.63, 3.8) is 0 Å². The van der Waals surface area contributed by atoms with Crippen LogP contribution in [0.4, 0.5) is 0 Å². The molecule has 0 radical (unpaired) electrons. The van der Waals surface area contributed by atoms with Crippen molar-refractivity contribution in [2.45, 2.75) is 25.4 Å². The van der Waals surface area contributed by atoms with Gasteiger partial charge in [-0.05, 0) is 23.4 Å². The topological polar surface area (TPSA) is 75.6 Å². The Kier molecular flexibility index (Phi) is 6.11. The highest BCUT2D eigenvalue weighted by Crippen LogP contribution is 2.28. The van der Waals surface area contributed by atoms with Crippen molar-refractivity contribution in [1.29, 1.82) is 0 Å². The number of nitrogens with one attached hydrogen (secondary N) is 1. The summed E-state index contributed by atoms with van der Waals surface area (Å²) >= 11 is 1.32. The molecule has 2 rings (SSSR count). The molecule has 0 aliphatic heterocycles. The van der Waals surface area contributed by atoms with Gasteiger partial charge in [0.2, 0.25) is 0 Å². The number of methoxy groups -OCH3 is 1. The van der Waals surface area contributed by atoms with E-state index < -0.39 is 11.4 Å². The van der Waals surface area contributed by atoms with Crippen molar-refractivity contribution < 1.29 is 19.4 Å². The van der Waals surface area contributed by atoms with Gasteiger partial charge in [0.05, 0.1) is 11.5 Å². The highest BCUT2D eigenvalue weighted by Gasteiger charge is 2.39. The number of carboxylic acids is 1. The molecule has 0 aliphatic carbocycles. The fourth-order valence-electron chi connectivity index (χ4n) is 2.65. The van der Waals surface area contributed by atoms with E-state index in [4.69, 9.17) is 4.74 Å². The largest absolute Gasteiger partial charge is 0.481 e. The number of hydrogen-bond acceptors (Lipinski definition) is 4. The van der Waals surface area contributed by atoms with Crippen molar-refractivity contribution in [2.75, 3.05) is 13.7 Å². The van der Waals surface area contributed by atoms with E-state index in [1.54, 1.807) is 31.4 Å². The molecule has 24 heavy (non-hydrogen) atoms. The van der Waals surface area contributed by atoms with Gasteiger partial charge in [0.25, 0.3) is 5.91 Å². The van der Waals surface area contributed by atoms with Gasteiger partial charge in [-0.2, -0.15) is 0 Å². The fourth-order valence-corrected chi connectivity index (χ4v) is 3.48. The first-order valence-electron chi connectivity index (χ1n) is 7.67. The second-order valence-electron chi connectivity index (χ2n) is 5.50. The van der Waals surface area contributed by atoms with Crippen molar-refractivity contribution in [3.8, 4) is 0 Å². The summed E-state index contributed by atoms with van der Waals surface area (Å²) in [5.74, 6) is -1.22. The van der Waals surface area contributed by atoms with Gasteiger partial charge < -0.3 is 15.2 Å². The van der Waals surface area contributed by atoms with Crippen LogP contribution in [0.2, 0.25) is 0 Å². The Hall–Kier alpha value is -2.18. The lowest BCUT2D eigenvalue weighted by molar-refractivity contribution is -0.143. The third-order valence-electron chi connectivity index (χ3n) is 4.14. The highest BCUT2D eigenvalue weighted by molar-refractivity contribution is 7.12. The molecule has 1 aromatic heterocycles. The molecular formula is C18H21NO4S. The Bertz CT molecular complexity index is 698. The first-order valence-corrected chi connectivity index (χ1v) is 8.55. The second kappa shape index (κ2) is 8.08. The zero-order valence-corrected chi connectivity index (χ0v) is 14.6. The number of amides is 1. The zero-order valence-electron chi connectivity index (χ0n) is 13.7. The number of benzene rings is 1. The number of carboxylic acid groups (broad SMARTS) is 1. The molecule has 1 heterocycles. The average molecular weight is 347 g/mol. The minimum atomic E-state index is -1.14. The van der Waals surface area contributed by atoms with Gasteiger partial charge in [-0.15, -0.1) is 11.3 Å². The number of hydrogen-bond donors (Lipinski definition) is 2. The quantitative estimate of drug-likeness (QED) is 0.769. The Morgan fingerprint density at radius 2 is 1.96 bits per heavy atom. The molecule has 0 saturated heterocycles. The van der Waals surface area contributed by atoms with E-state index in [-0.39, 0.29) is 12.5 Å². The summed E-state index contributed by atoms with van der Waals surface area (Å²) < 4.78 is 5.08. The van der Waals surface area contributed by atoms with Gasteiger partial charge in [-0.1, -0.05) is 37.3 Å². The number of rotatable bonds is 8. The van der Waals surface area contributed by atoms with Crippen LogP contribution >= 0.6 is 11.3 Å². The van der Waals surface area contributed by atoms with Gasteiger partial charge in [0.15, 0.2) is 0 Å². The van der Waals surface area contributed by atoms with Gasteiger partial charge in [-0.3, -0.25) is 9.59 Å². The average Bonchev–Trinajstić information content (AvgIpc) is 3.05. The molecule has 0 fully saturated rings. The van der Waals surface area contributed by atoms with Gasteiger partial charge in [-0.25, -0.2) is 0 Å². The van der Waals surface area contributed by atoms with Crippen molar-refractivity contribution in [1.82, 2.24) is 5.32 Å². The normalized spacial score (nSPS) is 13.2. The van der Waals surface area contributed by atoms with E-state index in [1.165, 1.54) is 11.3 Å². The molecule has 6 heteroatoms. The SMILES string of the molecule is CCC(CNC(=O)c1sccc1COC)(C(=O)O)c1ccccc1. The van der Waals surface area contributed by atoms with Crippen LogP contribution in [0.15, 0.2) is 41.8 Å². The minimum absolute atomic E-state index is 0.0337. The van der Waals surface area contributed by atoms with E-state index in [0.717, 1.165) is 5.56 Å². The second-order valence-corrected chi connectivity index (χ2v) is 6.41. The molecule has 0 bridgehead atoms. The minimum Gasteiger partial charge on any atom is -0.481 e. The van der Waals surface area contributed by atoms with Gasteiger partial charge in [0, 0.05) is 19.2 Å². The van der Waals surface area contributed by atoms with E-state index in [0.29, 0.717) is 23.5 Å². The van der Waals surface area contributed by atoms with E-state index in [9.17, 15) is 14.7 Å². The summed E-state index contributed by atoms with van der Waals surface area (Å²) in [5.41, 5.74) is 0.344. The molecule has 0 aliphatic rings. The lowest BCUT2D eigenvalue weighted by Gasteiger charge is -2.29. The summed E-state index contributed by atoms with van der Waals surface area (Å²) in [7, 11) is 1.57. The maximum atomic E-state index is 12.5. The zero-order chi connectivity index (χ0) is 17.6.